The fourth-order valence-corrected chi connectivity index (χ4v) is 3.12. The van der Waals surface area contributed by atoms with Gasteiger partial charge in [0, 0.05) is 26.2 Å². The third kappa shape index (κ3) is 2.95. The lowest BCUT2D eigenvalue weighted by Crippen LogP contribution is -2.22. The number of aromatic nitrogens is 2. The van der Waals surface area contributed by atoms with Crippen molar-refractivity contribution in [2.45, 2.75) is 39.8 Å². The van der Waals surface area contributed by atoms with Gasteiger partial charge < -0.3 is 5.11 Å². The van der Waals surface area contributed by atoms with Crippen LogP contribution in [0.2, 0.25) is 0 Å². The fraction of sp³-hybridized carbons (Fsp3) is 0.769. The molecule has 0 amide bonds. The van der Waals surface area contributed by atoms with Gasteiger partial charge in [-0.3, -0.25) is 9.58 Å². The van der Waals surface area contributed by atoms with E-state index < -0.39 is 0 Å². The molecule has 0 aromatic carbocycles. The summed E-state index contributed by atoms with van der Waals surface area (Å²) in [4.78, 5) is 2.47. The van der Waals surface area contributed by atoms with Crippen molar-refractivity contribution in [3.05, 3.63) is 15.9 Å². The summed E-state index contributed by atoms with van der Waals surface area (Å²) in [7, 11) is 0. The van der Waals surface area contributed by atoms with Crippen molar-refractivity contribution in [3.8, 4) is 0 Å². The van der Waals surface area contributed by atoms with Gasteiger partial charge in [0.25, 0.3) is 0 Å². The molecule has 0 bridgehead atoms. The van der Waals surface area contributed by atoms with Crippen LogP contribution in [-0.4, -0.2) is 39.5 Å². The predicted molar refractivity (Wildman–Crippen MR) is 75.4 cm³/mol. The van der Waals surface area contributed by atoms with Gasteiger partial charge in [0.05, 0.1) is 15.9 Å². The van der Waals surface area contributed by atoms with Crippen LogP contribution >= 0.6 is 15.9 Å². The second-order valence-corrected chi connectivity index (χ2v) is 5.86. The van der Waals surface area contributed by atoms with Crippen LogP contribution in [0.25, 0.3) is 0 Å². The summed E-state index contributed by atoms with van der Waals surface area (Å²) in [5.74, 6) is 0.660. The molecule has 0 aliphatic carbocycles. The number of aliphatic hydroxyl groups excluding tert-OH is 1. The Labute approximate surface area is 117 Å². The largest absolute Gasteiger partial charge is 0.396 e. The summed E-state index contributed by atoms with van der Waals surface area (Å²) in [5.41, 5.74) is 2.35. The Morgan fingerprint density at radius 1 is 1.50 bits per heavy atom. The third-order valence-electron chi connectivity index (χ3n) is 3.73. The highest BCUT2D eigenvalue weighted by molar-refractivity contribution is 9.10. The van der Waals surface area contributed by atoms with Crippen LogP contribution < -0.4 is 0 Å². The number of aliphatic hydroxyl groups is 1. The molecule has 0 radical (unpaired) electrons. The summed E-state index contributed by atoms with van der Waals surface area (Å²) < 4.78 is 3.23. The van der Waals surface area contributed by atoms with Crippen molar-refractivity contribution >= 4 is 15.9 Å². The Hall–Kier alpha value is -0.390. The van der Waals surface area contributed by atoms with E-state index >= 15 is 0 Å². The summed E-state index contributed by atoms with van der Waals surface area (Å²) in [5, 5.41) is 13.5. The molecule has 1 aliphatic rings. The molecular formula is C13H22BrN3O. The summed E-state index contributed by atoms with van der Waals surface area (Å²) in [6, 6.07) is 0. The lowest BCUT2D eigenvalue weighted by molar-refractivity contribution is 0.247. The molecule has 1 N–H and O–H groups in total. The smallest absolute Gasteiger partial charge is 0.0739 e. The van der Waals surface area contributed by atoms with Crippen molar-refractivity contribution in [1.29, 1.82) is 0 Å². The van der Waals surface area contributed by atoms with Gasteiger partial charge in [-0.2, -0.15) is 5.10 Å². The van der Waals surface area contributed by atoms with Crippen LogP contribution in [0.15, 0.2) is 4.47 Å². The molecule has 2 rings (SSSR count). The van der Waals surface area contributed by atoms with Gasteiger partial charge in [0.1, 0.15) is 0 Å². The van der Waals surface area contributed by atoms with E-state index in [1.54, 1.807) is 0 Å². The molecule has 1 unspecified atom stereocenters. The molecule has 1 aromatic rings. The molecule has 1 aromatic heterocycles. The monoisotopic (exact) mass is 315 g/mol. The zero-order valence-electron chi connectivity index (χ0n) is 11.2. The van der Waals surface area contributed by atoms with E-state index in [1.807, 2.05) is 6.92 Å². The van der Waals surface area contributed by atoms with E-state index in [0.717, 1.165) is 42.8 Å². The van der Waals surface area contributed by atoms with Gasteiger partial charge in [-0.1, -0.05) is 0 Å². The van der Waals surface area contributed by atoms with Crippen molar-refractivity contribution < 1.29 is 5.11 Å². The van der Waals surface area contributed by atoms with Crippen molar-refractivity contribution in [2.24, 2.45) is 5.92 Å². The molecule has 4 nitrogen and oxygen atoms in total. The first-order chi connectivity index (χ1) is 8.65. The van der Waals surface area contributed by atoms with Gasteiger partial charge in [-0.15, -0.1) is 0 Å². The Kier molecular flexibility index (Phi) is 4.81. The van der Waals surface area contributed by atoms with Gasteiger partial charge in [0.2, 0.25) is 0 Å². The number of hydrogen-bond acceptors (Lipinski definition) is 3. The lowest BCUT2D eigenvalue weighted by atomic mass is 10.1. The van der Waals surface area contributed by atoms with Crippen LogP contribution in [0.5, 0.6) is 0 Å². The van der Waals surface area contributed by atoms with E-state index in [2.05, 4.69) is 37.5 Å². The minimum Gasteiger partial charge on any atom is -0.396 e. The Balaban J connectivity index is 2.02. The Morgan fingerprint density at radius 3 is 2.94 bits per heavy atom. The molecule has 18 heavy (non-hydrogen) atoms. The van der Waals surface area contributed by atoms with E-state index in [1.165, 1.54) is 12.1 Å². The zero-order chi connectivity index (χ0) is 13.1. The maximum atomic E-state index is 8.99. The predicted octanol–water partition coefficient (Wildman–Crippen LogP) is 2.18. The minimum absolute atomic E-state index is 0.314. The number of rotatable bonds is 5. The molecule has 1 atom stereocenters. The van der Waals surface area contributed by atoms with Crippen LogP contribution in [0.3, 0.4) is 0 Å². The van der Waals surface area contributed by atoms with E-state index in [9.17, 15) is 0 Å². The van der Waals surface area contributed by atoms with Crippen LogP contribution in [0.4, 0.5) is 0 Å². The normalized spacial score (nSPS) is 20.8. The summed E-state index contributed by atoms with van der Waals surface area (Å²) in [6.45, 7) is 8.58. The molecule has 1 aliphatic heterocycles. The third-order valence-corrected chi connectivity index (χ3v) is 4.77. The van der Waals surface area contributed by atoms with Gasteiger partial charge in [-0.05, 0) is 55.1 Å². The Bertz CT molecular complexity index is 405. The average Bonchev–Trinajstić information content (AvgIpc) is 2.90. The number of likely N-dealkylation sites (tertiary alicyclic amines) is 1. The SMILES string of the molecule is CCn1nc(C)c(Br)c1CN1CCC(CCO)C1. The molecule has 0 spiro atoms. The number of hydrogen-bond donors (Lipinski definition) is 1. The quantitative estimate of drug-likeness (QED) is 0.905. The van der Waals surface area contributed by atoms with Crippen LogP contribution in [-0.2, 0) is 13.1 Å². The first-order valence-electron chi connectivity index (χ1n) is 6.70. The molecule has 5 heteroatoms. The first kappa shape index (κ1) is 14.0. The molecule has 102 valence electrons. The average molecular weight is 316 g/mol. The molecule has 1 saturated heterocycles. The van der Waals surface area contributed by atoms with Crippen LogP contribution in [0.1, 0.15) is 31.2 Å². The van der Waals surface area contributed by atoms with Crippen molar-refractivity contribution in [3.63, 3.8) is 0 Å². The van der Waals surface area contributed by atoms with Crippen molar-refractivity contribution in [2.75, 3.05) is 19.7 Å². The topological polar surface area (TPSA) is 41.3 Å². The molecular weight excluding hydrogens is 294 g/mol. The molecule has 1 fully saturated rings. The first-order valence-corrected chi connectivity index (χ1v) is 7.50. The number of nitrogens with zero attached hydrogens (tertiary/aromatic N) is 3. The Morgan fingerprint density at radius 2 is 2.28 bits per heavy atom. The van der Waals surface area contributed by atoms with E-state index in [-0.39, 0.29) is 0 Å². The summed E-state index contributed by atoms with van der Waals surface area (Å²) in [6.07, 6.45) is 2.14. The highest BCUT2D eigenvalue weighted by atomic mass is 79.9. The highest BCUT2D eigenvalue weighted by Crippen LogP contribution is 2.26. The second kappa shape index (κ2) is 6.17. The molecule has 0 saturated carbocycles. The second-order valence-electron chi connectivity index (χ2n) is 5.06. The van der Waals surface area contributed by atoms with Gasteiger partial charge in [-0.25, -0.2) is 0 Å². The number of aryl methyl sites for hydroxylation is 2. The van der Waals surface area contributed by atoms with Gasteiger partial charge in [0.15, 0.2) is 0 Å². The van der Waals surface area contributed by atoms with E-state index in [4.69, 9.17) is 5.11 Å². The minimum atomic E-state index is 0.314. The zero-order valence-corrected chi connectivity index (χ0v) is 12.8. The highest BCUT2D eigenvalue weighted by Gasteiger charge is 2.24. The maximum absolute atomic E-state index is 8.99. The maximum Gasteiger partial charge on any atom is 0.0739 e. The lowest BCUT2D eigenvalue weighted by Gasteiger charge is -2.17. The van der Waals surface area contributed by atoms with Crippen molar-refractivity contribution in [1.82, 2.24) is 14.7 Å². The standard InChI is InChI=1S/C13H22BrN3O/c1-3-17-12(13(14)10(2)15-17)9-16-6-4-11(8-16)5-7-18/h11,18H,3-9H2,1-2H3. The number of halogens is 1. The molecule has 2 heterocycles. The fourth-order valence-electron chi connectivity index (χ4n) is 2.71. The summed E-state index contributed by atoms with van der Waals surface area (Å²) >= 11 is 3.64. The van der Waals surface area contributed by atoms with Gasteiger partial charge >= 0.3 is 0 Å². The van der Waals surface area contributed by atoms with Crippen LogP contribution in [0, 0.1) is 12.8 Å². The van der Waals surface area contributed by atoms with E-state index in [0.29, 0.717) is 12.5 Å².